The van der Waals surface area contributed by atoms with Crippen LogP contribution in [0.2, 0.25) is 10.0 Å². The molecule has 3 rings (SSSR count). The fraction of sp³-hybridized carbons (Fsp3) is 0.286. The lowest BCUT2D eigenvalue weighted by Gasteiger charge is -2.14. The summed E-state index contributed by atoms with van der Waals surface area (Å²) in [6, 6.07) is 9.34. The van der Waals surface area contributed by atoms with Gasteiger partial charge in [0.05, 0.1) is 12.2 Å². The first-order valence-corrected chi connectivity index (χ1v) is 10.7. The van der Waals surface area contributed by atoms with E-state index < -0.39 is 0 Å². The topological polar surface area (TPSA) is 57.0 Å². The number of imidazole rings is 1. The highest BCUT2D eigenvalue weighted by molar-refractivity contribution is 7.99. The predicted octanol–water partition coefficient (Wildman–Crippen LogP) is 5.97. The molecule has 0 bridgehead atoms. The molecule has 0 unspecified atom stereocenters. The van der Waals surface area contributed by atoms with Crippen LogP contribution in [0.3, 0.4) is 0 Å². The molecular formula is C21H21Cl2N3O2S. The fourth-order valence-corrected chi connectivity index (χ4v) is 4.72. The lowest BCUT2D eigenvalue weighted by molar-refractivity contribution is -0.142. The zero-order chi connectivity index (χ0) is 21.0. The van der Waals surface area contributed by atoms with Crippen molar-refractivity contribution in [2.75, 3.05) is 0 Å². The SMILES string of the molecule is CC(=O)OCc1nc(C(C)C)c(Sc2cc(Cl)cc(Cl)c2)n1Cc1cccnc1. The number of aromatic nitrogens is 3. The third kappa shape index (κ3) is 5.75. The van der Waals surface area contributed by atoms with Crippen molar-refractivity contribution in [3.05, 3.63) is 69.9 Å². The van der Waals surface area contributed by atoms with Gasteiger partial charge in [0.1, 0.15) is 17.5 Å². The van der Waals surface area contributed by atoms with Gasteiger partial charge in [-0.1, -0.05) is 54.9 Å². The van der Waals surface area contributed by atoms with Gasteiger partial charge in [0, 0.05) is 34.3 Å². The number of pyridine rings is 1. The summed E-state index contributed by atoms with van der Waals surface area (Å²) < 4.78 is 7.32. The molecule has 2 aromatic heterocycles. The smallest absolute Gasteiger partial charge is 0.303 e. The number of hydrogen-bond donors (Lipinski definition) is 0. The highest BCUT2D eigenvalue weighted by atomic mass is 35.5. The van der Waals surface area contributed by atoms with Crippen LogP contribution < -0.4 is 0 Å². The zero-order valence-corrected chi connectivity index (χ0v) is 18.7. The zero-order valence-electron chi connectivity index (χ0n) is 16.4. The highest BCUT2D eigenvalue weighted by Crippen LogP contribution is 2.37. The summed E-state index contributed by atoms with van der Waals surface area (Å²) >= 11 is 13.9. The largest absolute Gasteiger partial charge is 0.458 e. The number of benzene rings is 1. The number of carbonyl (C=O) groups excluding carboxylic acids is 1. The lowest BCUT2D eigenvalue weighted by Crippen LogP contribution is -2.10. The molecule has 1 aromatic carbocycles. The van der Waals surface area contributed by atoms with Crippen molar-refractivity contribution in [2.24, 2.45) is 0 Å². The minimum absolute atomic E-state index is 0.103. The van der Waals surface area contributed by atoms with Crippen LogP contribution in [0.25, 0.3) is 0 Å². The van der Waals surface area contributed by atoms with Gasteiger partial charge in [0.25, 0.3) is 0 Å². The summed E-state index contributed by atoms with van der Waals surface area (Å²) in [5.41, 5.74) is 1.95. The molecule has 0 aliphatic rings. The Bertz CT molecular complexity index is 986. The molecule has 0 spiro atoms. The number of ether oxygens (including phenoxy) is 1. The van der Waals surface area contributed by atoms with Crippen molar-refractivity contribution >= 4 is 40.9 Å². The Morgan fingerprint density at radius 2 is 1.97 bits per heavy atom. The van der Waals surface area contributed by atoms with Crippen LogP contribution in [-0.4, -0.2) is 20.5 Å². The van der Waals surface area contributed by atoms with Gasteiger partial charge in [0.2, 0.25) is 0 Å². The molecule has 3 aromatic rings. The number of carbonyl (C=O) groups is 1. The molecule has 29 heavy (non-hydrogen) atoms. The summed E-state index contributed by atoms with van der Waals surface area (Å²) in [7, 11) is 0. The van der Waals surface area contributed by atoms with Crippen molar-refractivity contribution in [1.82, 2.24) is 14.5 Å². The van der Waals surface area contributed by atoms with E-state index in [-0.39, 0.29) is 18.5 Å². The van der Waals surface area contributed by atoms with E-state index >= 15 is 0 Å². The van der Waals surface area contributed by atoms with Crippen LogP contribution in [0.4, 0.5) is 0 Å². The van der Waals surface area contributed by atoms with E-state index in [0.717, 1.165) is 21.2 Å². The second kappa shape index (κ2) is 9.65. The Hall–Kier alpha value is -2.02. The van der Waals surface area contributed by atoms with Crippen molar-refractivity contribution < 1.29 is 9.53 Å². The van der Waals surface area contributed by atoms with Crippen LogP contribution in [0.5, 0.6) is 0 Å². The minimum atomic E-state index is -0.345. The summed E-state index contributed by atoms with van der Waals surface area (Å²) in [6.07, 6.45) is 3.55. The van der Waals surface area contributed by atoms with Gasteiger partial charge in [-0.05, 0) is 35.7 Å². The Labute approximate surface area is 184 Å². The van der Waals surface area contributed by atoms with Crippen LogP contribution in [0.1, 0.15) is 43.8 Å². The first-order valence-electron chi connectivity index (χ1n) is 9.09. The molecular weight excluding hydrogens is 429 g/mol. The van der Waals surface area contributed by atoms with Crippen LogP contribution >= 0.6 is 35.0 Å². The number of esters is 1. The molecule has 5 nitrogen and oxygen atoms in total. The van der Waals surface area contributed by atoms with Crippen molar-refractivity contribution in [3.8, 4) is 0 Å². The third-order valence-corrected chi connectivity index (χ3v) is 5.62. The van der Waals surface area contributed by atoms with E-state index in [9.17, 15) is 4.79 Å². The first kappa shape index (κ1) is 21.7. The molecule has 0 saturated carbocycles. The molecule has 0 N–H and O–H groups in total. The van der Waals surface area contributed by atoms with Gasteiger partial charge in [-0.3, -0.25) is 9.78 Å². The molecule has 0 amide bonds. The molecule has 0 fully saturated rings. The van der Waals surface area contributed by atoms with E-state index in [2.05, 4.69) is 23.4 Å². The van der Waals surface area contributed by atoms with Gasteiger partial charge in [-0.25, -0.2) is 4.98 Å². The Morgan fingerprint density at radius 1 is 1.24 bits per heavy atom. The standard InChI is InChI=1S/C21H21Cl2N3O2S/c1-13(2)20-21(29-18-8-16(22)7-17(23)9-18)26(11-15-5-4-6-24-10-15)19(25-20)12-28-14(3)27/h4-10,13H,11-12H2,1-3H3. The lowest BCUT2D eigenvalue weighted by atomic mass is 10.1. The van der Waals surface area contributed by atoms with E-state index in [1.807, 2.05) is 30.5 Å². The second-order valence-corrected chi connectivity index (χ2v) is 8.74. The van der Waals surface area contributed by atoms with Crippen LogP contribution in [-0.2, 0) is 22.7 Å². The van der Waals surface area contributed by atoms with Crippen LogP contribution in [0.15, 0.2) is 52.6 Å². The normalized spacial score (nSPS) is 11.1. The monoisotopic (exact) mass is 449 g/mol. The fourth-order valence-electron chi connectivity index (χ4n) is 2.80. The number of rotatable bonds is 7. The molecule has 8 heteroatoms. The first-order chi connectivity index (χ1) is 13.8. The third-order valence-electron chi connectivity index (χ3n) is 4.09. The summed E-state index contributed by atoms with van der Waals surface area (Å²) in [5.74, 6) is 0.518. The van der Waals surface area contributed by atoms with E-state index in [1.165, 1.54) is 6.92 Å². The van der Waals surface area contributed by atoms with Crippen LogP contribution in [0, 0.1) is 0 Å². The van der Waals surface area contributed by atoms with E-state index in [0.29, 0.717) is 22.4 Å². The molecule has 0 aliphatic heterocycles. The van der Waals surface area contributed by atoms with Crippen molar-refractivity contribution in [1.29, 1.82) is 0 Å². The maximum atomic E-state index is 11.4. The quantitative estimate of drug-likeness (QED) is 0.415. The number of nitrogens with zero attached hydrogens (tertiary/aromatic N) is 3. The molecule has 0 saturated heterocycles. The highest BCUT2D eigenvalue weighted by Gasteiger charge is 2.21. The van der Waals surface area contributed by atoms with E-state index in [4.69, 9.17) is 32.9 Å². The van der Waals surface area contributed by atoms with E-state index in [1.54, 1.807) is 24.0 Å². The van der Waals surface area contributed by atoms with Gasteiger partial charge < -0.3 is 9.30 Å². The average molecular weight is 450 g/mol. The molecule has 152 valence electrons. The second-order valence-electron chi connectivity index (χ2n) is 6.81. The molecule has 0 aliphatic carbocycles. The number of hydrogen-bond acceptors (Lipinski definition) is 5. The molecule has 2 heterocycles. The average Bonchev–Trinajstić information content (AvgIpc) is 2.97. The Kier molecular flexibility index (Phi) is 7.22. The summed E-state index contributed by atoms with van der Waals surface area (Å²) in [6.45, 7) is 6.22. The number of halogens is 2. The van der Waals surface area contributed by atoms with Gasteiger partial charge >= 0.3 is 5.97 Å². The van der Waals surface area contributed by atoms with Gasteiger partial charge in [-0.15, -0.1) is 0 Å². The predicted molar refractivity (Wildman–Crippen MR) is 116 cm³/mol. The molecule has 0 radical (unpaired) electrons. The summed E-state index contributed by atoms with van der Waals surface area (Å²) in [4.78, 5) is 21.3. The Morgan fingerprint density at radius 3 is 2.55 bits per heavy atom. The maximum absolute atomic E-state index is 11.4. The maximum Gasteiger partial charge on any atom is 0.303 e. The van der Waals surface area contributed by atoms with Gasteiger partial charge in [0.15, 0.2) is 0 Å². The van der Waals surface area contributed by atoms with Crippen molar-refractivity contribution in [3.63, 3.8) is 0 Å². The Balaban J connectivity index is 2.08. The minimum Gasteiger partial charge on any atom is -0.458 e. The van der Waals surface area contributed by atoms with Crippen molar-refractivity contribution in [2.45, 2.75) is 49.8 Å². The van der Waals surface area contributed by atoms with Gasteiger partial charge in [-0.2, -0.15) is 0 Å². The summed E-state index contributed by atoms with van der Waals surface area (Å²) in [5, 5.41) is 2.11. The molecule has 0 atom stereocenters.